The molecule has 5 aromatic rings. The van der Waals surface area contributed by atoms with E-state index in [0.717, 1.165) is 45.6 Å². The predicted octanol–water partition coefficient (Wildman–Crippen LogP) is 7.23. The van der Waals surface area contributed by atoms with Gasteiger partial charge in [0.05, 0.1) is 46.7 Å². The summed E-state index contributed by atoms with van der Waals surface area (Å²) in [6.07, 6.45) is 1.69. The van der Waals surface area contributed by atoms with Gasteiger partial charge in [-0.05, 0) is 61.5 Å². The highest BCUT2D eigenvalue weighted by Crippen LogP contribution is 2.48. The smallest absolute Gasteiger partial charge is 0.179 e. The molecule has 0 aliphatic carbocycles. The Kier molecular flexibility index (Phi) is 5.49. The molecule has 8 nitrogen and oxygen atoms in total. The van der Waals surface area contributed by atoms with Gasteiger partial charge in [-0.2, -0.15) is 5.10 Å². The minimum atomic E-state index is -0.312. The van der Waals surface area contributed by atoms with Crippen molar-refractivity contribution in [2.75, 3.05) is 17.3 Å². The Labute approximate surface area is 229 Å². The molecular weight excluding hydrogens is 512 g/mol. The molecule has 2 aliphatic rings. The summed E-state index contributed by atoms with van der Waals surface area (Å²) in [5, 5.41) is 8.87. The summed E-state index contributed by atoms with van der Waals surface area (Å²) >= 11 is 6.45. The number of furan rings is 1. The highest BCUT2D eigenvalue weighted by atomic mass is 35.5. The number of anilines is 2. The van der Waals surface area contributed by atoms with Crippen molar-refractivity contribution < 1.29 is 9.15 Å². The summed E-state index contributed by atoms with van der Waals surface area (Å²) in [6, 6.07) is 27.1. The summed E-state index contributed by atoms with van der Waals surface area (Å²) in [4.78, 5) is 12.4. The summed E-state index contributed by atoms with van der Waals surface area (Å²) in [6.45, 7) is 2.01. The Morgan fingerprint density at radius 3 is 2.54 bits per heavy atom. The van der Waals surface area contributed by atoms with Crippen LogP contribution in [0.1, 0.15) is 23.1 Å². The number of methoxy groups -OCH3 is 1. The largest absolute Gasteiger partial charge is 0.495 e. The van der Waals surface area contributed by atoms with Gasteiger partial charge in [-0.3, -0.25) is 0 Å². The molecule has 1 N–H and O–H groups in total. The molecule has 7 rings (SSSR count). The van der Waals surface area contributed by atoms with Crippen molar-refractivity contribution in [3.63, 3.8) is 0 Å². The van der Waals surface area contributed by atoms with Crippen LogP contribution in [0.3, 0.4) is 0 Å². The minimum Gasteiger partial charge on any atom is -0.495 e. The van der Waals surface area contributed by atoms with Gasteiger partial charge in [-0.25, -0.2) is 14.7 Å². The number of nitrogens with zero attached hydrogens (tertiary/aromatic N) is 5. The number of aromatic nitrogens is 2. The van der Waals surface area contributed by atoms with E-state index in [4.69, 9.17) is 35.8 Å². The van der Waals surface area contributed by atoms with Crippen LogP contribution in [0.2, 0.25) is 5.02 Å². The lowest BCUT2D eigenvalue weighted by Crippen LogP contribution is -2.46. The molecule has 0 spiro atoms. The van der Waals surface area contributed by atoms with Gasteiger partial charge < -0.3 is 19.4 Å². The van der Waals surface area contributed by atoms with Crippen LogP contribution in [0.5, 0.6) is 5.75 Å². The second-order valence-corrected chi connectivity index (χ2v) is 9.62. The number of aliphatic imine (C=N–C) groups is 2. The first-order valence-corrected chi connectivity index (χ1v) is 12.8. The number of rotatable bonds is 4. The van der Waals surface area contributed by atoms with Crippen molar-refractivity contribution in [2.45, 2.75) is 13.0 Å². The van der Waals surface area contributed by atoms with Gasteiger partial charge in [0.25, 0.3) is 0 Å². The van der Waals surface area contributed by atoms with Gasteiger partial charge in [0, 0.05) is 5.69 Å². The Balaban J connectivity index is 1.46. The molecule has 9 heteroatoms. The zero-order valence-electron chi connectivity index (χ0n) is 21.2. The number of amidine groups is 2. The third kappa shape index (κ3) is 3.80. The number of para-hydroxylation sites is 3. The molecule has 2 aromatic heterocycles. The molecular formula is C30H23ClN6O2. The lowest BCUT2D eigenvalue weighted by atomic mass is 9.98. The van der Waals surface area contributed by atoms with Gasteiger partial charge >= 0.3 is 0 Å². The average molecular weight is 535 g/mol. The Morgan fingerprint density at radius 2 is 1.77 bits per heavy atom. The molecule has 2 aliphatic heterocycles. The summed E-state index contributed by atoms with van der Waals surface area (Å²) in [7, 11) is 1.59. The van der Waals surface area contributed by atoms with Crippen molar-refractivity contribution in [3.05, 3.63) is 113 Å². The quantitative estimate of drug-likeness (QED) is 0.263. The fourth-order valence-electron chi connectivity index (χ4n) is 5.14. The van der Waals surface area contributed by atoms with Crippen LogP contribution in [0, 0.1) is 6.92 Å². The van der Waals surface area contributed by atoms with Crippen LogP contribution < -0.4 is 15.0 Å². The van der Waals surface area contributed by atoms with E-state index in [1.54, 1.807) is 13.4 Å². The summed E-state index contributed by atoms with van der Waals surface area (Å²) in [5.74, 6) is 3.33. The Bertz CT molecular complexity index is 1760. The zero-order chi connectivity index (χ0) is 26.5. The first-order valence-electron chi connectivity index (χ1n) is 12.5. The van der Waals surface area contributed by atoms with Crippen molar-refractivity contribution in [3.8, 4) is 11.4 Å². The number of ether oxygens (including phenoxy) is 1. The monoisotopic (exact) mass is 534 g/mol. The topological polar surface area (TPSA) is 80.2 Å². The van der Waals surface area contributed by atoms with Crippen LogP contribution in [0.15, 0.2) is 106 Å². The summed E-state index contributed by atoms with van der Waals surface area (Å²) in [5.41, 5.74) is 5.26. The molecule has 1 atom stereocenters. The molecule has 0 bridgehead atoms. The van der Waals surface area contributed by atoms with Crippen molar-refractivity contribution in [2.24, 2.45) is 9.98 Å². The van der Waals surface area contributed by atoms with E-state index in [0.29, 0.717) is 22.4 Å². The van der Waals surface area contributed by atoms with E-state index in [9.17, 15) is 0 Å². The third-order valence-electron chi connectivity index (χ3n) is 6.87. The molecule has 0 saturated heterocycles. The lowest BCUT2D eigenvalue weighted by Gasteiger charge is -2.39. The van der Waals surface area contributed by atoms with Crippen molar-refractivity contribution in [1.29, 1.82) is 0 Å². The maximum Gasteiger partial charge on any atom is 0.179 e. The van der Waals surface area contributed by atoms with Gasteiger partial charge in [0.2, 0.25) is 0 Å². The molecule has 3 aromatic carbocycles. The summed E-state index contributed by atoms with van der Waals surface area (Å²) < 4.78 is 13.2. The highest BCUT2D eigenvalue weighted by Gasteiger charge is 2.42. The number of nitrogens with one attached hydrogen (secondary N) is 1. The van der Waals surface area contributed by atoms with Crippen LogP contribution in [-0.4, -0.2) is 28.6 Å². The molecule has 0 unspecified atom stereocenters. The van der Waals surface area contributed by atoms with E-state index >= 15 is 0 Å². The minimum absolute atomic E-state index is 0.312. The van der Waals surface area contributed by atoms with Gasteiger partial charge in [-0.1, -0.05) is 41.9 Å². The number of fused-ring (bicyclic) bond motifs is 4. The number of aryl methyl sites for hydroxylation is 1. The van der Waals surface area contributed by atoms with Gasteiger partial charge in [0.15, 0.2) is 17.5 Å². The fourth-order valence-corrected chi connectivity index (χ4v) is 5.40. The third-order valence-corrected chi connectivity index (χ3v) is 7.16. The molecule has 0 saturated carbocycles. The maximum atomic E-state index is 6.45. The maximum absolute atomic E-state index is 6.45. The average Bonchev–Trinajstić information content (AvgIpc) is 3.61. The molecule has 4 heterocycles. The number of benzene rings is 3. The van der Waals surface area contributed by atoms with Gasteiger partial charge in [0.1, 0.15) is 17.6 Å². The SMILES string of the molecule is COc1ccc(NC2=Nc3ccccc3N3C2=Nc2c(c(C)nn2-c2ccccc2)[C@@H]3c2ccco2)cc1Cl. The van der Waals surface area contributed by atoms with Crippen LogP contribution in [0.4, 0.5) is 22.9 Å². The number of halogens is 1. The second-order valence-electron chi connectivity index (χ2n) is 9.22. The van der Waals surface area contributed by atoms with Crippen LogP contribution in [0.25, 0.3) is 5.69 Å². The van der Waals surface area contributed by atoms with Gasteiger partial charge in [-0.15, -0.1) is 0 Å². The first-order chi connectivity index (χ1) is 19.1. The number of hydrogen-bond acceptors (Lipinski definition) is 7. The lowest BCUT2D eigenvalue weighted by molar-refractivity contribution is 0.415. The van der Waals surface area contributed by atoms with E-state index in [-0.39, 0.29) is 6.04 Å². The standard InChI is InChI=1S/C30H23ClN6O2/c1-18-26-27(25-13-8-16-39-25)36-23-12-7-6-11-22(23)33-28(32-19-14-15-24(38-2)21(31)17-19)30(36)34-29(26)37(35-18)20-9-4-3-5-10-20/h3-17,27H,1-2H3,(H,32,33)/t27-/m0/s1. The van der Waals surface area contributed by atoms with E-state index in [1.165, 1.54) is 0 Å². The number of hydrogen-bond donors (Lipinski definition) is 1. The van der Waals surface area contributed by atoms with E-state index in [2.05, 4.69) is 10.2 Å². The molecule has 0 amide bonds. The molecule has 39 heavy (non-hydrogen) atoms. The fraction of sp³-hybridized carbons (Fsp3) is 0.100. The highest BCUT2D eigenvalue weighted by molar-refractivity contribution is 6.51. The van der Waals surface area contributed by atoms with Crippen LogP contribution in [-0.2, 0) is 0 Å². The first kappa shape index (κ1) is 23.3. The molecule has 0 radical (unpaired) electrons. The normalized spacial score (nSPS) is 15.6. The van der Waals surface area contributed by atoms with Crippen LogP contribution >= 0.6 is 11.6 Å². The van der Waals surface area contributed by atoms with E-state index in [1.807, 2.05) is 96.5 Å². The predicted molar refractivity (Wildman–Crippen MR) is 154 cm³/mol. The Morgan fingerprint density at radius 1 is 0.949 bits per heavy atom. The van der Waals surface area contributed by atoms with E-state index < -0.39 is 0 Å². The second kappa shape index (κ2) is 9.18. The van der Waals surface area contributed by atoms with Crippen molar-refractivity contribution >= 4 is 46.2 Å². The zero-order valence-corrected chi connectivity index (χ0v) is 21.9. The molecule has 192 valence electrons. The van der Waals surface area contributed by atoms with Crippen molar-refractivity contribution in [1.82, 2.24) is 9.78 Å². The molecule has 0 fully saturated rings. The Hall–Kier alpha value is -4.82.